The van der Waals surface area contributed by atoms with Gasteiger partial charge in [0.05, 0.1) is 17.4 Å². The summed E-state index contributed by atoms with van der Waals surface area (Å²) in [5.41, 5.74) is -1.05. The molecule has 0 aromatic heterocycles. The molecule has 1 unspecified atom stereocenters. The molecule has 0 spiro atoms. The van der Waals surface area contributed by atoms with Crippen molar-refractivity contribution in [1.82, 2.24) is 4.90 Å². The zero-order chi connectivity index (χ0) is 16.4. The lowest BCUT2D eigenvalue weighted by Gasteiger charge is -2.19. The Morgan fingerprint density at radius 3 is 2.70 bits per heavy atom. The first-order valence-electron chi connectivity index (χ1n) is 7.77. The molecule has 1 aromatic rings. The van der Waals surface area contributed by atoms with E-state index < -0.39 is 17.8 Å². The second-order valence-electron chi connectivity index (χ2n) is 6.11. The first kappa shape index (κ1) is 16.1. The number of likely N-dealkylation sites (tertiary alicyclic amines) is 1. The molecule has 1 saturated carbocycles. The van der Waals surface area contributed by atoms with Gasteiger partial charge in [-0.2, -0.15) is 13.2 Å². The number of amides is 2. The molecule has 1 heterocycles. The molecule has 1 aliphatic heterocycles. The van der Waals surface area contributed by atoms with E-state index in [0.29, 0.717) is 19.0 Å². The summed E-state index contributed by atoms with van der Waals surface area (Å²) in [6.45, 7) is 1.64. The van der Waals surface area contributed by atoms with E-state index >= 15 is 0 Å². The summed E-state index contributed by atoms with van der Waals surface area (Å²) in [4.78, 5) is 13.7. The van der Waals surface area contributed by atoms with Crippen molar-refractivity contribution < 1.29 is 22.7 Å². The molecule has 1 aromatic carbocycles. The predicted molar refractivity (Wildman–Crippen MR) is 79.1 cm³/mol. The number of anilines is 1. The molecule has 2 amide bonds. The zero-order valence-corrected chi connectivity index (χ0v) is 12.6. The Bertz CT molecular complexity index is 573. The molecule has 2 aliphatic rings. The number of hydrogen-bond acceptors (Lipinski definition) is 2. The third kappa shape index (κ3) is 4.16. The number of carbonyl (C=O) groups is 1. The van der Waals surface area contributed by atoms with Gasteiger partial charge in [-0.3, -0.25) is 0 Å². The van der Waals surface area contributed by atoms with Gasteiger partial charge in [-0.05, 0) is 37.3 Å². The van der Waals surface area contributed by atoms with Crippen LogP contribution in [0, 0.1) is 5.92 Å². The van der Waals surface area contributed by atoms with Gasteiger partial charge in [0, 0.05) is 19.7 Å². The van der Waals surface area contributed by atoms with Crippen LogP contribution in [0.5, 0.6) is 0 Å². The number of rotatable bonds is 4. The lowest BCUT2D eigenvalue weighted by molar-refractivity contribution is -0.136. The van der Waals surface area contributed by atoms with Crippen LogP contribution in [0.25, 0.3) is 0 Å². The SMILES string of the molecule is O=C(Nc1ccccc1C(F)(F)F)N1CCC(OCC2CC2)C1. The monoisotopic (exact) mass is 328 g/mol. The lowest BCUT2D eigenvalue weighted by atomic mass is 10.1. The number of carbonyl (C=O) groups excluding carboxylic acids is 1. The third-order valence-corrected chi connectivity index (χ3v) is 4.17. The first-order chi connectivity index (χ1) is 10.9. The van der Waals surface area contributed by atoms with Gasteiger partial charge in [0.2, 0.25) is 0 Å². The van der Waals surface area contributed by atoms with E-state index in [1.54, 1.807) is 0 Å². The minimum Gasteiger partial charge on any atom is -0.376 e. The molecule has 126 valence electrons. The minimum absolute atomic E-state index is 0.0146. The third-order valence-electron chi connectivity index (χ3n) is 4.17. The summed E-state index contributed by atoms with van der Waals surface area (Å²) in [5.74, 6) is 0.650. The highest BCUT2D eigenvalue weighted by molar-refractivity contribution is 5.90. The van der Waals surface area contributed by atoms with Crippen LogP contribution < -0.4 is 5.32 Å². The van der Waals surface area contributed by atoms with Gasteiger partial charge in [0.25, 0.3) is 0 Å². The number of alkyl halides is 3. The van der Waals surface area contributed by atoms with E-state index in [2.05, 4.69) is 5.32 Å². The Morgan fingerprint density at radius 2 is 2.00 bits per heavy atom. The number of urea groups is 1. The largest absolute Gasteiger partial charge is 0.418 e. The predicted octanol–water partition coefficient (Wildman–Crippen LogP) is 3.74. The molecule has 1 atom stereocenters. The minimum atomic E-state index is -4.50. The van der Waals surface area contributed by atoms with Crippen LogP contribution in [0.4, 0.5) is 23.7 Å². The highest BCUT2D eigenvalue weighted by Gasteiger charge is 2.35. The summed E-state index contributed by atoms with van der Waals surface area (Å²) < 4.78 is 44.5. The topological polar surface area (TPSA) is 41.6 Å². The van der Waals surface area contributed by atoms with Gasteiger partial charge in [0.1, 0.15) is 0 Å². The maximum absolute atomic E-state index is 12.9. The molecular weight excluding hydrogens is 309 g/mol. The molecule has 0 radical (unpaired) electrons. The number of benzene rings is 1. The molecule has 1 saturated heterocycles. The number of hydrogen-bond donors (Lipinski definition) is 1. The number of para-hydroxylation sites is 1. The number of halogens is 3. The molecule has 7 heteroatoms. The number of ether oxygens (including phenoxy) is 1. The fourth-order valence-corrected chi connectivity index (χ4v) is 2.64. The fraction of sp³-hybridized carbons (Fsp3) is 0.562. The van der Waals surface area contributed by atoms with Crippen LogP contribution in [-0.4, -0.2) is 36.7 Å². The summed E-state index contributed by atoms with van der Waals surface area (Å²) in [7, 11) is 0. The average molecular weight is 328 g/mol. The van der Waals surface area contributed by atoms with E-state index in [1.807, 2.05) is 0 Å². The molecule has 23 heavy (non-hydrogen) atoms. The first-order valence-corrected chi connectivity index (χ1v) is 7.77. The van der Waals surface area contributed by atoms with Crippen LogP contribution >= 0.6 is 0 Å². The van der Waals surface area contributed by atoms with Gasteiger partial charge in [-0.25, -0.2) is 4.79 Å². The second kappa shape index (κ2) is 6.39. The highest BCUT2D eigenvalue weighted by Crippen LogP contribution is 2.35. The summed E-state index contributed by atoms with van der Waals surface area (Å²) in [6.07, 6.45) is -1.39. The van der Waals surface area contributed by atoms with Crippen LogP contribution in [0.2, 0.25) is 0 Å². The molecular formula is C16H19F3N2O2. The molecule has 2 fully saturated rings. The maximum Gasteiger partial charge on any atom is 0.418 e. The van der Waals surface area contributed by atoms with Gasteiger partial charge >= 0.3 is 12.2 Å². The van der Waals surface area contributed by atoms with E-state index in [4.69, 9.17) is 4.74 Å². The van der Waals surface area contributed by atoms with Crippen molar-refractivity contribution in [2.45, 2.75) is 31.5 Å². The van der Waals surface area contributed by atoms with Crippen LogP contribution in [0.3, 0.4) is 0 Å². The summed E-state index contributed by atoms with van der Waals surface area (Å²) in [6, 6.07) is 4.48. The maximum atomic E-state index is 12.9. The molecule has 3 rings (SSSR count). The summed E-state index contributed by atoms with van der Waals surface area (Å²) in [5, 5.41) is 2.37. The van der Waals surface area contributed by atoms with Crippen molar-refractivity contribution in [1.29, 1.82) is 0 Å². The molecule has 1 N–H and O–H groups in total. The van der Waals surface area contributed by atoms with E-state index in [9.17, 15) is 18.0 Å². The van der Waals surface area contributed by atoms with Crippen LogP contribution in [0.15, 0.2) is 24.3 Å². The average Bonchev–Trinajstić information content (AvgIpc) is 3.21. The van der Waals surface area contributed by atoms with Crippen molar-refractivity contribution in [3.8, 4) is 0 Å². The zero-order valence-electron chi connectivity index (χ0n) is 12.6. The van der Waals surface area contributed by atoms with E-state index in [1.165, 1.54) is 35.9 Å². The lowest BCUT2D eigenvalue weighted by Crippen LogP contribution is -2.34. The van der Waals surface area contributed by atoms with Crippen molar-refractivity contribution in [3.05, 3.63) is 29.8 Å². The Morgan fingerprint density at radius 1 is 1.26 bits per heavy atom. The fourth-order valence-electron chi connectivity index (χ4n) is 2.64. The van der Waals surface area contributed by atoms with E-state index in [-0.39, 0.29) is 11.8 Å². The normalized spacial score (nSPS) is 21.5. The standard InChI is InChI=1S/C16H19F3N2O2/c17-16(18,19)13-3-1-2-4-14(13)20-15(22)21-8-7-12(9-21)23-10-11-5-6-11/h1-4,11-12H,5-10H2,(H,20,22). The molecule has 0 bridgehead atoms. The Labute approximate surface area is 132 Å². The van der Waals surface area contributed by atoms with Crippen molar-refractivity contribution >= 4 is 11.7 Å². The van der Waals surface area contributed by atoms with Crippen molar-refractivity contribution in [2.24, 2.45) is 5.92 Å². The summed E-state index contributed by atoms with van der Waals surface area (Å²) >= 11 is 0. The van der Waals surface area contributed by atoms with Gasteiger partial charge in [-0.15, -0.1) is 0 Å². The second-order valence-corrected chi connectivity index (χ2v) is 6.11. The molecule has 4 nitrogen and oxygen atoms in total. The van der Waals surface area contributed by atoms with Gasteiger partial charge in [-0.1, -0.05) is 12.1 Å². The van der Waals surface area contributed by atoms with Gasteiger partial charge < -0.3 is 15.0 Å². The smallest absolute Gasteiger partial charge is 0.376 e. The Kier molecular flexibility index (Phi) is 4.48. The number of nitrogens with zero attached hydrogens (tertiary/aromatic N) is 1. The number of nitrogens with one attached hydrogen (secondary N) is 1. The van der Waals surface area contributed by atoms with Crippen LogP contribution in [0.1, 0.15) is 24.8 Å². The van der Waals surface area contributed by atoms with Crippen molar-refractivity contribution in [3.63, 3.8) is 0 Å². The Balaban J connectivity index is 1.57. The van der Waals surface area contributed by atoms with Crippen LogP contribution in [-0.2, 0) is 10.9 Å². The molecule has 1 aliphatic carbocycles. The van der Waals surface area contributed by atoms with Gasteiger partial charge in [0.15, 0.2) is 0 Å². The highest BCUT2D eigenvalue weighted by atomic mass is 19.4. The Hall–Kier alpha value is -1.76. The quantitative estimate of drug-likeness (QED) is 0.915. The van der Waals surface area contributed by atoms with Crippen molar-refractivity contribution in [2.75, 3.05) is 25.0 Å². The van der Waals surface area contributed by atoms with E-state index in [0.717, 1.165) is 19.1 Å².